The van der Waals surface area contributed by atoms with Crippen LogP contribution in [0.15, 0.2) is 39.3 Å². The van der Waals surface area contributed by atoms with Gasteiger partial charge in [0.1, 0.15) is 11.5 Å². The van der Waals surface area contributed by atoms with Crippen molar-refractivity contribution >= 4 is 43.5 Å². The molecule has 2 aromatic carbocycles. The lowest BCUT2D eigenvalue weighted by Crippen LogP contribution is -2.15. The largest absolute Gasteiger partial charge is 0.317 e. The fourth-order valence-corrected chi connectivity index (χ4v) is 2.37. The third kappa shape index (κ3) is 3.04. The molecule has 104 valence electrons. The number of carbonyl (C=O) groups excluding carboxylic acids is 1. The number of hydrogen-bond acceptors (Lipinski definition) is 1. The van der Waals surface area contributed by atoms with Crippen LogP contribution in [-0.2, 0) is 0 Å². The van der Waals surface area contributed by atoms with E-state index in [0.717, 1.165) is 18.2 Å². The molecule has 0 bridgehead atoms. The Hall–Kier alpha value is -1.34. The van der Waals surface area contributed by atoms with E-state index in [9.17, 15) is 18.0 Å². The minimum absolute atomic E-state index is 0.0632. The first kappa shape index (κ1) is 15.1. The normalized spacial score (nSPS) is 10.4. The summed E-state index contributed by atoms with van der Waals surface area (Å²) in [5, 5.41) is 2.08. The van der Waals surface area contributed by atoms with E-state index >= 15 is 0 Å². The van der Waals surface area contributed by atoms with Crippen molar-refractivity contribution in [2.75, 3.05) is 5.32 Å². The van der Waals surface area contributed by atoms with Crippen LogP contribution in [0.3, 0.4) is 0 Å². The standard InChI is InChI=1S/C13H6Br2F3NO/c14-6-4-9(17)12(10(18)5-6)19-13(20)7-2-1-3-8(16)11(7)15/h1-5H,(H,19,20). The van der Waals surface area contributed by atoms with Crippen LogP contribution in [0, 0.1) is 17.5 Å². The summed E-state index contributed by atoms with van der Waals surface area (Å²) in [6.07, 6.45) is 0. The van der Waals surface area contributed by atoms with Crippen LogP contribution in [0.1, 0.15) is 10.4 Å². The molecule has 2 nitrogen and oxygen atoms in total. The average Bonchev–Trinajstić information content (AvgIpc) is 2.36. The lowest BCUT2D eigenvalue weighted by molar-refractivity contribution is 0.102. The number of amides is 1. The first-order valence-corrected chi connectivity index (χ1v) is 6.88. The molecular weight excluding hydrogens is 403 g/mol. The van der Waals surface area contributed by atoms with E-state index in [1.165, 1.54) is 12.1 Å². The molecule has 0 saturated carbocycles. The fourth-order valence-electron chi connectivity index (χ4n) is 1.52. The quantitative estimate of drug-likeness (QED) is 0.753. The molecule has 0 aliphatic rings. The Morgan fingerprint density at radius 1 is 1.00 bits per heavy atom. The molecule has 0 aromatic heterocycles. The van der Waals surface area contributed by atoms with E-state index in [0.29, 0.717) is 0 Å². The van der Waals surface area contributed by atoms with E-state index in [4.69, 9.17) is 0 Å². The van der Waals surface area contributed by atoms with Crippen molar-refractivity contribution in [2.45, 2.75) is 0 Å². The van der Waals surface area contributed by atoms with Gasteiger partial charge in [0, 0.05) is 4.47 Å². The number of anilines is 1. The highest BCUT2D eigenvalue weighted by Crippen LogP contribution is 2.26. The van der Waals surface area contributed by atoms with Gasteiger partial charge in [-0.15, -0.1) is 0 Å². The molecule has 7 heteroatoms. The van der Waals surface area contributed by atoms with Gasteiger partial charge in [0.15, 0.2) is 11.6 Å². The van der Waals surface area contributed by atoms with Crippen molar-refractivity contribution < 1.29 is 18.0 Å². The van der Waals surface area contributed by atoms with Crippen molar-refractivity contribution in [2.24, 2.45) is 0 Å². The SMILES string of the molecule is O=C(Nc1c(F)cc(Br)cc1F)c1cccc(F)c1Br. The lowest BCUT2D eigenvalue weighted by atomic mass is 10.2. The predicted molar refractivity (Wildman–Crippen MR) is 76.1 cm³/mol. The molecule has 20 heavy (non-hydrogen) atoms. The molecule has 1 amide bonds. The van der Waals surface area contributed by atoms with Crippen molar-refractivity contribution in [1.82, 2.24) is 0 Å². The second-order valence-electron chi connectivity index (χ2n) is 3.80. The van der Waals surface area contributed by atoms with E-state index in [1.807, 2.05) is 0 Å². The summed E-state index contributed by atoms with van der Waals surface area (Å²) in [7, 11) is 0. The Labute approximate surface area is 129 Å². The molecule has 0 aliphatic heterocycles. The van der Waals surface area contributed by atoms with Gasteiger partial charge in [0.25, 0.3) is 5.91 Å². The van der Waals surface area contributed by atoms with Gasteiger partial charge >= 0.3 is 0 Å². The van der Waals surface area contributed by atoms with E-state index in [-0.39, 0.29) is 14.5 Å². The summed E-state index contributed by atoms with van der Waals surface area (Å²) in [5.41, 5.74) is -0.652. The highest BCUT2D eigenvalue weighted by Gasteiger charge is 2.17. The molecule has 0 saturated heterocycles. The summed E-state index contributed by atoms with van der Waals surface area (Å²) < 4.78 is 40.6. The van der Waals surface area contributed by atoms with Crippen LogP contribution in [0.4, 0.5) is 18.9 Å². The van der Waals surface area contributed by atoms with Gasteiger partial charge in [-0.25, -0.2) is 13.2 Å². The monoisotopic (exact) mass is 407 g/mol. The second kappa shape index (κ2) is 5.97. The number of carbonyl (C=O) groups is 1. The van der Waals surface area contributed by atoms with Gasteiger partial charge in [-0.2, -0.15) is 0 Å². The maximum Gasteiger partial charge on any atom is 0.257 e. The Balaban J connectivity index is 2.36. The van der Waals surface area contributed by atoms with Crippen LogP contribution in [-0.4, -0.2) is 5.91 Å². The summed E-state index contributed by atoms with van der Waals surface area (Å²) in [6.45, 7) is 0. The topological polar surface area (TPSA) is 29.1 Å². The Bertz CT molecular complexity index is 668. The van der Waals surface area contributed by atoms with Crippen LogP contribution in [0.25, 0.3) is 0 Å². The molecule has 0 fully saturated rings. The third-order valence-corrected chi connectivity index (χ3v) is 3.71. The maximum absolute atomic E-state index is 13.6. The maximum atomic E-state index is 13.6. The van der Waals surface area contributed by atoms with Crippen molar-refractivity contribution in [3.63, 3.8) is 0 Å². The summed E-state index contributed by atoms with van der Waals surface area (Å²) in [6, 6.07) is 5.83. The minimum atomic E-state index is -0.933. The molecule has 0 heterocycles. The van der Waals surface area contributed by atoms with Gasteiger partial charge < -0.3 is 5.32 Å². The summed E-state index contributed by atoms with van der Waals surface area (Å²) in [5.74, 6) is -3.33. The molecule has 2 rings (SSSR count). The molecule has 1 N–H and O–H groups in total. The van der Waals surface area contributed by atoms with E-state index < -0.39 is 29.0 Å². The highest BCUT2D eigenvalue weighted by atomic mass is 79.9. The zero-order valence-electron chi connectivity index (χ0n) is 9.68. The Morgan fingerprint density at radius 3 is 2.20 bits per heavy atom. The van der Waals surface area contributed by atoms with Crippen LogP contribution in [0.2, 0.25) is 0 Å². The first-order chi connectivity index (χ1) is 9.40. The number of benzene rings is 2. The zero-order chi connectivity index (χ0) is 14.9. The molecule has 0 spiro atoms. The van der Waals surface area contributed by atoms with Crippen LogP contribution in [0.5, 0.6) is 0 Å². The molecule has 2 aromatic rings. The minimum Gasteiger partial charge on any atom is -0.317 e. The summed E-state index contributed by atoms with van der Waals surface area (Å²) >= 11 is 5.84. The van der Waals surface area contributed by atoms with Crippen LogP contribution < -0.4 is 5.32 Å². The number of halogens is 5. The second-order valence-corrected chi connectivity index (χ2v) is 5.51. The van der Waals surface area contributed by atoms with Gasteiger partial charge in [-0.1, -0.05) is 22.0 Å². The molecule has 0 aliphatic carbocycles. The predicted octanol–water partition coefficient (Wildman–Crippen LogP) is 4.88. The zero-order valence-corrected chi connectivity index (χ0v) is 12.9. The van der Waals surface area contributed by atoms with Crippen LogP contribution >= 0.6 is 31.9 Å². The molecule has 0 atom stereocenters. The average molecular weight is 409 g/mol. The number of hydrogen-bond donors (Lipinski definition) is 1. The van der Waals surface area contributed by atoms with Crippen molar-refractivity contribution in [1.29, 1.82) is 0 Å². The fraction of sp³-hybridized carbons (Fsp3) is 0. The van der Waals surface area contributed by atoms with Crippen molar-refractivity contribution in [3.05, 3.63) is 62.3 Å². The van der Waals surface area contributed by atoms with Crippen molar-refractivity contribution in [3.8, 4) is 0 Å². The third-order valence-electron chi connectivity index (χ3n) is 2.44. The summed E-state index contributed by atoms with van der Waals surface area (Å²) in [4.78, 5) is 11.9. The van der Waals surface area contributed by atoms with Gasteiger partial charge in [0.05, 0.1) is 10.0 Å². The number of rotatable bonds is 2. The Kier molecular flexibility index (Phi) is 4.49. The lowest BCUT2D eigenvalue weighted by Gasteiger charge is -2.09. The van der Waals surface area contributed by atoms with E-state index in [1.54, 1.807) is 0 Å². The number of nitrogens with one attached hydrogen (secondary N) is 1. The van der Waals surface area contributed by atoms with E-state index in [2.05, 4.69) is 37.2 Å². The Morgan fingerprint density at radius 2 is 1.60 bits per heavy atom. The molecular formula is C13H6Br2F3NO. The van der Waals surface area contributed by atoms with Gasteiger partial charge in [-0.3, -0.25) is 4.79 Å². The smallest absolute Gasteiger partial charge is 0.257 e. The van der Waals surface area contributed by atoms with Gasteiger partial charge in [-0.05, 0) is 40.2 Å². The van der Waals surface area contributed by atoms with Gasteiger partial charge in [0.2, 0.25) is 0 Å². The molecule has 0 unspecified atom stereocenters. The molecule has 0 radical (unpaired) electrons. The first-order valence-electron chi connectivity index (χ1n) is 5.30. The highest BCUT2D eigenvalue weighted by molar-refractivity contribution is 9.10.